The number of hydrogen-bond donors (Lipinski definition) is 2. The average molecular weight is 213 g/mol. The Labute approximate surface area is 86.7 Å². The molecule has 0 bridgehead atoms. The van der Waals surface area contributed by atoms with Crippen LogP contribution in [0.5, 0.6) is 0 Å². The van der Waals surface area contributed by atoms with Gasteiger partial charge in [-0.1, -0.05) is 12.1 Å². The van der Waals surface area contributed by atoms with Gasteiger partial charge >= 0.3 is 0 Å². The molecule has 2 atom stereocenters. The molecule has 0 spiro atoms. The van der Waals surface area contributed by atoms with Crippen LogP contribution in [0.15, 0.2) is 18.2 Å². The zero-order chi connectivity index (χ0) is 11.1. The van der Waals surface area contributed by atoms with Crippen molar-refractivity contribution in [3.63, 3.8) is 0 Å². The number of benzene rings is 1. The van der Waals surface area contributed by atoms with Gasteiger partial charge in [0.05, 0.1) is 5.60 Å². The Balaban J connectivity index is 2.41. The van der Waals surface area contributed by atoms with Crippen LogP contribution in [-0.2, 0) is 5.60 Å². The summed E-state index contributed by atoms with van der Waals surface area (Å²) >= 11 is 0. The second-order valence-corrected chi connectivity index (χ2v) is 4.14. The second-order valence-electron chi connectivity index (χ2n) is 4.14. The van der Waals surface area contributed by atoms with E-state index in [-0.39, 0.29) is 18.0 Å². The highest BCUT2D eigenvalue weighted by Gasteiger charge is 2.39. The Morgan fingerprint density at radius 2 is 2.13 bits per heavy atom. The van der Waals surface area contributed by atoms with Crippen LogP contribution in [0.4, 0.5) is 8.78 Å². The van der Waals surface area contributed by atoms with Gasteiger partial charge in [-0.25, -0.2) is 8.78 Å². The molecule has 15 heavy (non-hydrogen) atoms. The van der Waals surface area contributed by atoms with Crippen LogP contribution in [-0.4, -0.2) is 11.1 Å². The van der Waals surface area contributed by atoms with E-state index in [0.29, 0.717) is 12.8 Å². The highest BCUT2D eigenvalue weighted by atomic mass is 19.2. The number of hydrogen-bond acceptors (Lipinski definition) is 2. The first-order valence-electron chi connectivity index (χ1n) is 4.95. The molecule has 0 heterocycles. The van der Waals surface area contributed by atoms with Crippen LogP contribution in [0.2, 0.25) is 0 Å². The molecule has 1 fully saturated rings. The molecule has 1 aliphatic rings. The summed E-state index contributed by atoms with van der Waals surface area (Å²) in [6, 6.07) is 3.71. The third kappa shape index (κ3) is 1.75. The Hall–Kier alpha value is -1.00. The van der Waals surface area contributed by atoms with Crippen molar-refractivity contribution in [3.8, 4) is 0 Å². The first kappa shape index (κ1) is 10.5. The summed E-state index contributed by atoms with van der Waals surface area (Å²) in [6.07, 6.45) is 1.30. The van der Waals surface area contributed by atoms with Crippen molar-refractivity contribution in [2.24, 2.45) is 5.73 Å². The van der Waals surface area contributed by atoms with Gasteiger partial charge in [0.2, 0.25) is 0 Å². The standard InChI is InChI=1S/C11H13F2NO/c12-9-3-1-2-8(10(9)13)11(15)5-4-7(14)6-11/h1-3,7,15H,4-6,14H2. The Morgan fingerprint density at radius 1 is 1.40 bits per heavy atom. The van der Waals surface area contributed by atoms with Gasteiger partial charge in [-0.15, -0.1) is 0 Å². The van der Waals surface area contributed by atoms with E-state index in [4.69, 9.17) is 5.73 Å². The van der Waals surface area contributed by atoms with Crippen molar-refractivity contribution in [3.05, 3.63) is 35.4 Å². The summed E-state index contributed by atoms with van der Waals surface area (Å²) in [5.41, 5.74) is 4.38. The SMILES string of the molecule is NC1CCC(O)(c2cccc(F)c2F)C1. The minimum absolute atomic E-state index is 0.0236. The van der Waals surface area contributed by atoms with Crippen LogP contribution in [0.3, 0.4) is 0 Å². The lowest BCUT2D eigenvalue weighted by molar-refractivity contribution is 0.0387. The van der Waals surface area contributed by atoms with E-state index in [1.165, 1.54) is 12.1 Å². The zero-order valence-corrected chi connectivity index (χ0v) is 8.21. The van der Waals surface area contributed by atoms with Gasteiger partial charge in [0.15, 0.2) is 11.6 Å². The lowest BCUT2D eigenvalue weighted by Gasteiger charge is -2.23. The molecule has 3 N–H and O–H groups in total. The fraction of sp³-hybridized carbons (Fsp3) is 0.455. The summed E-state index contributed by atoms with van der Waals surface area (Å²) in [4.78, 5) is 0. The Morgan fingerprint density at radius 3 is 2.73 bits per heavy atom. The third-order valence-corrected chi connectivity index (χ3v) is 2.98. The molecule has 2 unspecified atom stereocenters. The molecule has 1 aromatic carbocycles. The number of halogens is 2. The normalized spacial score (nSPS) is 30.8. The largest absolute Gasteiger partial charge is 0.385 e. The first-order chi connectivity index (χ1) is 7.03. The van der Waals surface area contributed by atoms with E-state index >= 15 is 0 Å². The van der Waals surface area contributed by atoms with E-state index in [0.717, 1.165) is 6.07 Å². The zero-order valence-electron chi connectivity index (χ0n) is 8.21. The number of rotatable bonds is 1. The molecule has 4 heteroatoms. The second kappa shape index (κ2) is 3.54. The van der Waals surface area contributed by atoms with E-state index in [1.54, 1.807) is 0 Å². The first-order valence-corrected chi connectivity index (χ1v) is 4.95. The van der Waals surface area contributed by atoms with Crippen molar-refractivity contribution in [1.82, 2.24) is 0 Å². The monoisotopic (exact) mass is 213 g/mol. The van der Waals surface area contributed by atoms with Crippen molar-refractivity contribution in [1.29, 1.82) is 0 Å². The van der Waals surface area contributed by atoms with Gasteiger partial charge in [-0.05, 0) is 25.3 Å². The van der Waals surface area contributed by atoms with Crippen LogP contribution >= 0.6 is 0 Å². The molecule has 0 aliphatic heterocycles. The maximum Gasteiger partial charge on any atom is 0.164 e. The summed E-state index contributed by atoms with van der Waals surface area (Å²) in [7, 11) is 0. The van der Waals surface area contributed by atoms with Crippen LogP contribution in [0, 0.1) is 11.6 Å². The van der Waals surface area contributed by atoms with Gasteiger partial charge in [-0.3, -0.25) is 0 Å². The maximum absolute atomic E-state index is 13.4. The molecule has 1 saturated carbocycles. The Kier molecular flexibility index (Phi) is 2.48. The van der Waals surface area contributed by atoms with Gasteiger partial charge < -0.3 is 10.8 Å². The van der Waals surface area contributed by atoms with E-state index in [2.05, 4.69) is 0 Å². The van der Waals surface area contributed by atoms with E-state index < -0.39 is 17.2 Å². The van der Waals surface area contributed by atoms with Crippen LogP contribution in [0.25, 0.3) is 0 Å². The summed E-state index contributed by atoms with van der Waals surface area (Å²) in [5.74, 6) is -1.89. The smallest absolute Gasteiger partial charge is 0.164 e. The summed E-state index contributed by atoms with van der Waals surface area (Å²) in [5, 5.41) is 10.2. The van der Waals surface area contributed by atoms with Gasteiger partial charge in [0.1, 0.15) is 0 Å². The molecular weight excluding hydrogens is 200 g/mol. The molecule has 2 rings (SSSR count). The topological polar surface area (TPSA) is 46.2 Å². The highest BCUT2D eigenvalue weighted by molar-refractivity contribution is 5.27. The van der Waals surface area contributed by atoms with Gasteiger partial charge in [-0.2, -0.15) is 0 Å². The predicted molar refractivity (Wildman–Crippen MR) is 52.1 cm³/mol. The lowest BCUT2D eigenvalue weighted by atomic mass is 9.91. The highest BCUT2D eigenvalue weighted by Crippen LogP contribution is 2.39. The molecule has 2 nitrogen and oxygen atoms in total. The maximum atomic E-state index is 13.4. The number of nitrogens with two attached hydrogens (primary N) is 1. The lowest BCUT2D eigenvalue weighted by Crippen LogP contribution is -2.26. The third-order valence-electron chi connectivity index (χ3n) is 2.98. The minimum atomic E-state index is -1.30. The summed E-state index contributed by atoms with van der Waals surface area (Å²) < 4.78 is 26.4. The van der Waals surface area contributed by atoms with Gasteiger partial charge in [0.25, 0.3) is 0 Å². The van der Waals surface area contributed by atoms with E-state index in [1.807, 2.05) is 0 Å². The molecular formula is C11H13F2NO. The molecule has 1 aliphatic carbocycles. The molecule has 0 saturated heterocycles. The molecule has 1 aromatic rings. The quantitative estimate of drug-likeness (QED) is 0.745. The molecule has 0 radical (unpaired) electrons. The molecule has 0 aromatic heterocycles. The predicted octanol–water partition coefficient (Wildman–Crippen LogP) is 1.66. The number of aliphatic hydroxyl groups is 1. The van der Waals surface area contributed by atoms with Crippen molar-refractivity contribution in [2.45, 2.75) is 30.9 Å². The minimum Gasteiger partial charge on any atom is -0.385 e. The fourth-order valence-electron chi connectivity index (χ4n) is 2.17. The van der Waals surface area contributed by atoms with Crippen LogP contribution in [0.1, 0.15) is 24.8 Å². The van der Waals surface area contributed by atoms with Crippen molar-refractivity contribution < 1.29 is 13.9 Å². The van der Waals surface area contributed by atoms with E-state index in [9.17, 15) is 13.9 Å². The van der Waals surface area contributed by atoms with Crippen molar-refractivity contribution >= 4 is 0 Å². The Bertz CT molecular complexity index is 383. The van der Waals surface area contributed by atoms with Gasteiger partial charge in [0, 0.05) is 11.6 Å². The molecule has 82 valence electrons. The summed E-state index contributed by atoms with van der Waals surface area (Å²) in [6.45, 7) is 0. The fourth-order valence-corrected chi connectivity index (χ4v) is 2.17. The van der Waals surface area contributed by atoms with Crippen molar-refractivity contribution in [2.75, 3.05) is 0 Å². The van der Waals surface area contributed by atoms with Crippen LogP contribution < -0.4 is 5.73 Å². The average Bonchev–Trinajstić information content (AvgIpc) is 2.52. The molecule has 0 amide bonds.